The lowest BCUT2D eigenvalue weighted by atomic mass is 10.1. The number of hydrogen-bond donors (Lipinski definition) is 2. The molecule has 0 spiro atoms. The van der Waals surface area contributed by atoms with E-state index < -0.39 is 5.91 Å². The molecule has 0 heterocycles. The molecule has 3 aromatic carbocycles. The molecule has 0 aromatic heterocycles. The van der Waals surface area contributed by atoms with E-state index in [1.807, 2.05) is 6.07 Å². The first-order valence-electron chi connectivity index (χ1n) is 8.84. The molecule has 0 saturated carbocycles. The quantitative estimate of drug-likeness (QED) is 0.580. The van der Waals surface area contributed by atoms with Crippen molar-refractivity contribution in [3.8, 4) is 5.75 Å². The van der Waals surface area contributed by atoms with Gasteiger partial charge in [0.2, 0.25) is 0 Å². The van der Waals surface area contributed by atoms with Crippen LogP contribution >= 0.6 is 11.6 Å². The molecule has 3 aromatic rings. The molecule has 0 bridgehead atoms. The van der Waals surface area contributed by atoms with Crippen LogP contribution in [-0.2, 0) is 4.79 Å². The Kier molecular flexibility index (Phi) is 6.66. The number of hydrogen-bond acceptors (Lipinski definition) is 3. The Bertz CT molecular complexity index is 1030. The second-order valence-electron chi connectivity index (χ2n) is 6.12. The summed E-state index contributed by atoms with van der Waals surface area (Å²) in [6, 6.07) is 22.6. The Balaban J connectivity index is 1.88. The van der Waals surface area contributed by atoms with Gasteiger partial charge in [-0.25, -0.2) is 0 Å². The highest BCUT2D eigenvalue weighted by Gasteiger charge is 2.15. The van der Waals surface area contributed by atoms with Gasteiger partial charge >= 0.3 is 0 Å². The Hall–Kier alpha value is -3.57. The van der Waals surface area contributed by atoms with E-state index >= 15 is 0 Å². The van der Waals surface area contributed by atoms with Gasteiger partial charge in [0.1, 0.15) is 11.4 Å². The fraction of sp³-hybridized carbons (Fsp3) is 0.0435. The number of amides is 2. The first-order valence-corrected chi connectivity index (χ1v) is 9.22. The Morgan fingerprint density at radius 1 is 0.931 bits per heavy atom. The van der Waals surface area contributed by atoms with Crippen molar-refractivity contribution in [1.82, 2.24) is 5.32 Å². The van der Waals surface area contributed by atoms with Crippen LogP contribution in [0.4, 0.5) is 5.69 Å². The second kappa shape index (κ2) is 9.57. The number of halogens is 1. The molecule has 0 saturated heterocycles. The van der Waals surface area contributed by atoms with Gasteiger partial charge in [0.15, 0.2) is 0 Å². The Morgan fingerprint density at radius 2 is 1.66 bits per heavy atom. The summed E-state index contributed by atoms with van der Waals surface area (Å²) in [6.07, 6.45) is 1.60. The summed E-state index contributed by atoms with van der Waals surface area (Å²) in [5.74, 6) is -0.153. The number of ether oxygens (including phenoxy) is 1. The van der Waals surface area contributed by atoms with Crippen LogP contribution in [-0.4, -0.2) is 18.9 Å². The van der Waals surface area contributed by atoms with Crippen LogP contribution in [0.15, 0.2) is 84.6 Å². The Labute approximate surface area is 174 Å². The van der Waals surface area contributed by atoms with Gasteiger partial charge in [-0.05, 0) is 54.1 Å². The van der Waals surface area contributed by atoms with Crippen LogP contribution in [0.2, 0.25) is 5.02 Å². The molecule has 0 radical (unpaired) electrons. The average Bonchev–Trinajstić information content (AvgIpc) is 2.74. The molecule has 0 aliphatic heterocycles. The normalized spacial score (nSPS) is 10.9. The molecule has 2 amide bonds. The van der Waals surface area contributed by atoms with Crippen LogP contribution in [0.3, 0.4) is 0 Å². The van der Waals surface area contributed by atoms with Crippen LogP contribution in [0.1, 0.15) is 15.9 Å². The first kappa shape index (κ1) is 20.2. The fourth-order valence-electron chi connectivity index (χ4n) is 2.57. The summed E-state index contributed by atoms with van der Waals surface area (Å²) in [5.41, 5.74) is 1.81. The second-order valence-corrected chi connectivity index (χ2v) is 6.55. The van der Waals surface area contributed by atoms with Crippen molar-refractivity contribution in [3.63, 3.8) is 0 Å². The number of anilines is 1. The van der Waals surface area contributed by atoms with Gasteiger partial charge in [-0.15, -0.1) is 0 Å². The molecule has 6 heteroatoms. The first-order chi connectivity index (χ1) is 14.0. The zero-order valence-electron chi connectivity index (χ0n) is 15.7. The van der Waals surface area contributed by atoms with E-state index in [0.29, 0.717) is 22.0 Å². The van der Waals surface area contributed by atoms with Crippen molar-refractivity contribution in [1.29, 1.82) is 0 Å². The maximum Gasteiger partial charge on any atom is 0.272 e. The van der Waals surface area contributed by atoms with E-state index in [0.717, 1.165) is 5.56 Å². The van der Waals surface area contributed by atoms with E-state index in [1.165, 1.54) is 0 Å². The van der Waals surface area contributed by atoms with Crippen molar-refractivity contribution in [2.24, 2.45) is 0 Å². The van der Waals surface area contributed by atoms with Gasteiger partial charge in [-0.1, -0.05) is 48.0 Å². The van der Waals surface area contributed by atoms with E-state index in [-0.39, 0.29) is 11.6 Å². The molecule has 0 fully saturated rings. The maximum atomic E-state index is 12.9. The van der Waals surface area contributed by atoms with E-state index in [9.17, 15) is 9.59 Å². The predicted molar refractivity (Wildman–Crippen MR) is 115 cm³/mol. The molecule has 0 atom stereocenters. The molecule has 0 aliphatic carbocycles. The van der Waals surface area contributed by atoms with E-state index in [1.54, 1.807) is 86.0 Å². The highest BCUT2D eigenvalue weighted by molar-refractivity contribution is 6.31. The summed E-state index contributed by atoms with van der Waals surface area (Å²) >= 11 is 5.98. The van der Waals surface area contributed by atoms with Crippen molar-refractivity contribution in [2.75, 3.05) is 12.4 Å². The summed E-state index contributed by atoms with van der Waals surface area (Å²) in [5, 5.41) is 5.94. The van der Waals surface area contributed by atoms with Crippen LogP contribution < -0.4 is 15.4 Å². The maximum absolute atomic E-state index is 12.9. The third kappa shape index (κ3) is 5.70. The van der Waals surface area contributed by atoms with Crippen LogP contribution in [0, 0.1) is 0 Å². The summed E-state index contributed by atoms with van der Waals surface area (Å²) < 4.78 is 5.15. The van der Waals surface area contributed by atoms with E-state index in [2.05, 4.69) is 10.6 Å². The summed E-state index contributed by atoms with van der Waals surface area (Å²) in [6.45, 7) is 0. The van der Waals surface area contributed by atoms with Crippen molar-refractivity contribution >= 4 is 35.2 Å². The van der Waals surface area contributed by atoms with E-state index in [4.69, 9.17) is 16.3 Å². The van der Waals surface area contributed by atoms with Gasteiger partial charge in [-0.2, -0.15) is 0 Å². The van der Waals surface area contributed by atoms with Gasteiger partial charge in [0, 0.05) is 16.3 Å². The predicted octanol–water partition coefficient (Wildman–Crippen LogP) is 4.76. The van der Waals surface area contributed by atoms with Crippen LogP contribution in [0.25, 0.3) is 6.08 Å². The molecule has 0 aliphatic rings. The zero-order chi connectivity index (χ0) is 20.6. The SMILES string of the molecule is COc1ccc(C=C(NC(=O)c2ccccc2)C(=O)Nc2cccc(Cl)c2)cc1. The molecule has 5 nitrogen and oxygen atoms in total. The third-order valence-electron chi connectivity index (χ3n) is 4.04. The molecule has 2 N–H and O–H groups in total. The number of rotatable bonds is 6. The summed E-state index contributed by atoms with van der Waals surface area (Å²) in [7, 11) is 1.58. The fourth-order valence-corrected chi connectivity index (χ4v) is 2.76. The lowest BCUT2D eigenvalue weighted by Gasteiger charge is -2.12. The lowest BCUT2D eigenvalue weighted by Crippen LogP contribution is -2.30. The van der Waals surface area contributed by atoms with Crippen molar-refractivity contribution < 1.29 is 14.3 Å². The Morgan fingerprint density at radius 3 is 2.31 bits per heavy atom. The molecule has 3 rings (SSSR count). The molecular weight excluding hydrogens is 388 g/mol. The monoisotopic (exact) mass is 406 g/mol. The zero-order valence-corrected chi connectivity index (χ0v) is 16.4. The smallest absolute Gasteiger partial charge is 0.272 e. The van der Waals surface area contributed by atoms with Gasteiger partial charge in [-0.3, -0.25) is 9.59 Å². The minimum atomic E-state index is -0.465. The highest BCUT2D eigenvalue weighted by atomic mass is 35.5. The van der Waals surface area contributed by atoms with Crippen LogP contribution in [0.5, 0.6) is 5.75 Å². The average molecular weight is 407 g/mol. The minimum absolute atomic E-state index is 0.101. The lowest BCUT2D eigenvalue weighted by molar-refractivity contribution is -0.113. The topological polar surface area (TPSA) is 67.4 Å². The molecule has 29 heavy (non-hydrogen) atoms. The van der Waals surface area contributed by atoms with Gasteiger partial charge in [0.25, 0.3) is 11.8 Å². The molecule has 146 valence electrons. The molecular formula is C23H19ClN2O3. The molecule has 0 unspecified atom stereocenters. The standard InChI is InChI=1S/C23H19ClN2O3/c1-29-20-12-10-16(11-13-20)14-21(26-22(27)17-6-3-2-4-7-17)23(28)25-19-9-5-8-18(24)15-19/h2-15H,1H3,(H,25,28)(H,26,27). The largest absolute Gasteiger partial charge is 0.497 e. The number of benzene rings is 3. The number of carbonyl (C=O) groups excluding carboxylic acids is 2. The highest BCUT2D eigenvalue weighted by Crippen LogP contribution is 2.17. The van der Waals surface area contributed by atoms with Crippen molar-refractivity contribution in [2.45, 2.75) is 0 Å². The van der Waals surface area contributed by atoms with Crippen molar-refractivity contribution in [3.05, 3.63) is 101 Å². The van der Waals surface area contributed by atoms with Gasteiger partial charge < -0.3 is 15.4 Å². The van der Waals surface area contributed by atoms with Gasteiger partial charge in [0.05, 0.1) is 7.11 Å². The minimum Gasteiger partial charge on any atom is -0.497 e. The number of carbonyl (C=O) groups is 2. The third-order valence-corrected chi connectivity index (χ3v) is 4.27. The number of nitrogens with one attached hydrogen (secondary N) is 2. The summed E-state index contributed by atoms with van der Waals surface area (Å²) in [4.78, 5) is 25.4. The number of methoxy groups -OCH3 is 1.